The van der Waals surface area contributed by atoms with E-state index in [2.05, 4.69) is 10.3 Å². The smallest absolute Gasteiger partial charge is 0.118 e. The average Bonchev–Trinajstić information content (AvgIpc) is 2.99. The van der Waals surface area contributed by atoms with E-state index < -0.39 is 0 Å². The summed E-state index contributed by atoms with van der Waals surface area (Å²) in [6, 6.07) is 0.553. The number of hydrogen-bond donors (Lipinski definition) is 1. The summed E-state index contributed by atoms with van der Waals surface area (Å²) in [5, 5.41) is 6.57. The minimum absolute atomic E-state index is 0.361. The van der Waals surface area contributed by atoms with Crippen LogP contribution in [0.1, 0.15) is 17.8 Å². The van der Waals surface area contributed by atoms with Crippen molar-refractivity contribution in [2.75, 3.05) is 19.8 Å². The molecule has 0 aromatic carbocycles. The molecule has 3 rings (SSSR count). The molecule has 1 saturated heterocycles. The van der Waals surface area contributed by atoms with Crippen LogP contribution in [0, 0.1) is 5.92 Å². The summed E-state index contributed by atoms with van der Waals surface area (Å²) in [4.78, 5) is 4.21. The monoisotopic (exact) mass is 254 g/mol. The molecule has 1 aliphatic carbocycles. The molecule has 1 N–H and O–H groups in total. The molecule has 1 saturated carbocycles. The molecule has 0 bridgehead atoms. The summed E-state index contributed by atoms with van der Waals surface area (Å²) in [7, 11) is 0. The predicted octanol–water partition coefficient (Wildman–Crippen LogP) is 1.43. The molecule has 1 aromatic rings. The van der Waals surface area contributed by atoms with Gasteiger partial charge in [-0.1, -0.05) is 0 Å². The molecule has 2 fully saturated rings. The van der Waals surface area contributed by atoms with Gasteiger partial charge in [-0.15, -0.1) is 11.3 Å². The van der Waals surface area contributed by atoms with E-state index in [0.29, 0.717) is 24.7 Å². The van der Waals surface area contributed by atoms with E-state index in [4.69, 9.17) is 9.47 Å². The van der Waals surface area contributed by atoms with Crippen molar-refractivity contribution in [1.82, 2.24) is 10.3 Å². The van der Waals surface area contributed by atoms with Gasteiger partial charge in [-0.3, -0.25) is 0 Å². The molecule has 1 aliphatic heterocycles. The zero-order valence-electron chi connectivity index (χ0n) is 9.80. The summed E-state index contributed by atoms with van der Waals surface area (Å²) in [5.41, 5.74) is 0. The van der Waals surface area contributed by atoms with E-state index in [1.165, 1.54) is 12.8 Å². The van der Waals surface area contributed by atoms with Crippen LogP contribution in [0.5, 0.6) is 0 Å². The summed E-state index contributed by atoms with van der Waals surface area (Å²) in [6.07, 6.45) is 4.61. The number of morpholine rings is 1. The Bertz CT molecular complexity index is 344. The first-order valence-electron chi connectivity index (χ1n) is 6.24. The second-order valence-electron chi connectivity index (χ2n) is 4.67. The molecule has 0 amide bonds. The fourth-order valence-electron chi connectivity index (χ4n) is 2.76. The molecule has 0 unspecified atom stereocenters. The van der Waals surface area contributed by atoms with Crippen molar-refractivity contribution in [1.29, 1.82) is 0 Å². The Morgan fingerprint density at radius 1 is 1.53 bits per heavy atom. The van der Waals surface area contributed by atoms with Crippen molar-refractivity contribution >= 4 is 11.3 Å². The highest BCUT2D eigenvalue weighted by Crippen LogP contribution is 2.30. The number of nitrogens with zero attached hydrogens (tertiary/aromatic N) is 1. The molecule has 0 spiro atoms. The van der Waals surface area contributed by atoms with Crippen LogP contribution in [0.3, 0.4) is 0 Å². The van der Waals surface area contributed by atoms with Crippen molar-refractivity contribution in [3.05, 3.63) is 16.6 Å². The van der Waals surface area contributed by atoms with Crippen molar-refractivity contribution in [3.8, 4) is 0 Å². The summed E-state index contributed by atoms with van der Waals surface area (Å²) >= 11 is 1.65. The van der Waals surface area contributed by atoms with Crippen LogP contribution in [-0.4, -0.2) is 36.9 Å². The van der Waals surface area contributed by atoms with Crippen molar-refractivity contribution in [2.24, 2.45) is 5.92 Å². The minimum atomic E-state index is 0.361. The molecule has 2 aliphatic rings. The Morgan fingerprint density at radius 2 is 2.53 bits per heavy atom. The van der Waals surface area contributed by atoms with E-state index in [-0.39, 0.29) is 0 Å². The first-order valence-corrected chi connectivity index (χ1v) is 7.12. The number of hydrogen-bond acceptors (Lipinski definition) is 5. The van der Waals surface area contributed by atoms with Crippen LogP contribution in [0.15, 0.2) is 11.6 Å². The number of ether oxygens (including phenoxy) is 2. The van der Waals surface area contributed by atoms with E-state index in [1.807, 2.05) is 11.6 Å². The zero-order chi connectivity index (χ0) is 11.5. The van der Waals surface area contributed by atoms with E-state index in [0.717, 1.165) is 24.8 Å². The van der Waals surface area contributed by atoms with Gasteiger partial charge in [0.2, 0.25) is 0 Å². The Balaban J connectivity index is 1.46. The molecule has 4 nitrogen and oxygen atoms in total. The third kappa shape index (κ3) is 2.68. The summed E-state index contributed by atoms with van der Waals surface area (Å²) in [5.74, 6) is 0.549. The SMILES string of the molecule is c1csc(COC[C@@H]2CC[C@@H]3NCCO[C@H]23)n1. The predicted molar refractivity (Wildman–Crippen MR) is 66.0 cm³/mol. The Kier molecular flexibility index (Phi) is 3.71. The maximum Gasteiger partial charge on any atom is 0.118 e. The number of thiazole rings is 1. The van der Waals surface area contributed by atoms with E-state index in [1.54, 1.807) is 11.3 Å². The first-order chi connectivity index (χ1) is 8.43. The molecule has 0 radical (unpaired) electrons. The molecule has 1 aromatic heterocycles. The lowest BCUT2D eigenvalue weighted by Gasteiger charge is -2.30. The molecule has 17 heavy (non-hydrogen) atoms. The lowest BCUT2D eigenvalue weighted by atomic mass is 10.1. The van der Waals surface area contributed by atoms with Crippen LogP contribution in [0.2, 0.25) is 0 Å². The van der Waals surface area contributed by atoms with Gasteiger partial charge < -0.3 is 14.8 Å². The van der Waals surface area contributed by atoms with E-state index >= 15 is 0 Å². The largest absolute Gasteiger partial charge is 0.375 e. The van der Waals surface area contributed by atoms with E-state index in [9.17, 15) is 0 Å². The van der Waals surface area contributed by atoms with Crippen LogP contribution in [0.25, 0.3) is 0 Å². The van der Waals surface area contributed by atoms with Gasteiger partial charge in [-0.2, -0.15) is 0 Å². The fourth-order valence-corrected chi connectivity index (χ4v) is 3.31. The molecule has 2 heterocycles. The standard InChI is InChI=1S/C12H18N2O2S/c1-2-10-12(16-5-3-13-10)9(1)7-15-8-11-14-4-6-17-11/h4,6,9-10,12-13H,1-3,5,7-8H2/t9-,10-,12+/m0/s1. The van der Waals surface area contributed by atoms with Gasteiger partial charge >= 0.3 is 0 Å². The summed E-state index contributed by atoms with van der Waals surface area (Å²) < 4.78 is 11.6. The molecular weight excluding hydrogens is 236 g/mol. The van der Waals surface area contributed by atoms with Gasteiger partial charge in [0.05, 0.1) is 25.9 Å². The molecular formula is C12H18N2O2S. The Hall–Kier alpha value is -0.490. The van der Waals surface area contributed by atoms with Gasteiger partial charge in [0, 0.05) is 30.1 Å². The van der Waals surface area contributed by atoms with Gasteiger partial charge in [0.25, 0.3) is 0 Å². The maximum atomic E-state index is 5.85. The third-order valence-corrected chi connectivity index (χ3v) is 4.32. The third-order valence-electron chi connectivity index (χ3n) is 3.57. The average molecular weight is 254 g/mol. The van der Waals surface area contributed by atoms with Crippen LogP contribution < -0.4 is 5.32 Å². The number of fused-ring (bicyclic) bond motifs is 1. The fraction of sp³-hybridized carbons (Fsp3) is 0.750. The highest BCUT2D eigenvalue weighted by molar-refractivity contribution is 7.09. The van der Waals surface area contributed by atoms with Crippen molar-refractivity contribution < 1.29 is 9.47 Å². The molecule has 94 valence electrons. The maximum absolute atomic E-state index is 5.85. The second kappa shape index (κ2) is 5.44. The number of rotatable bonds is 4. The zero-order valence-corrected chi connectivity index (χ0v) is 10.6. The highest BCUT2D eigenvalue weighted by Gasteiger charge is 2.38. The van der Waals surface area contributed by atoms with Gasteiger partial charge in [-0.25, -0.2) is 4.98 Å². The van der Waals surface area contributed by atoms with Crippen LogP contribution in [-0.2, 0) is 16.1 Å². The van der Waals surface area contributed by atoms with Crippen LogP contribution >= 0.6 is 11.3 Å². The van der Waals surface area contributed by atoms with Crippen molar-refractivity contribution in [3.63, 3.8) is 0 Å². The highest BCUT2D eigenvalue weighted by atomic mass is 32.1. The minimum Gasteiger partial charge on any atom is -0.375 e. The molecule has 5 heteroatoms. The topological polar surface area (TPSA) is 43.4 Å². The Morgan fingerprint density at radius 3 is 3.41 bits per heavy atom. The Labute approximate surface area is 105 Å². The second-order valence-corrected chi connectivity index (χ2v) is 5.65. The number of aromatic nitrogens is 1. The number of nitrogens with one attached hydrogen (secondary N) is 1. The normalized spacial score (nSPS) is 32.6. The molecule has 3 atom stereocenters. The quantitative estimate of drug-likeness (QED) is 0.882. The van der Waals surface area contributed by atoms with Gasteiger partial charge in [0.15, 0.2) is 0 Å². The van der Waals surface area contributed by atoms with Crippen LogP contribution in [0.4, 0.5) is 0 Å². The first kappa shape index (κ1) is 11.6. The van der Waals surface area contributed by atoms with Gasteiger partial charge in [-0.05, 0) is 12.8 Å². The van der Waals surface area contributed by atoms with Gasteiger partial charge in [0.1, 0.15) is 5.01 Å². The lowest BCUT2D eigenvalue weighted by molar-refractivity contribution is -0.0399. The summed E-state index contributed by atoms with van der Waals surface area (Å²) in [6.45, 7) is 3.26. The van der Waals surface area contributed by atoms with Crippen molar-refractivity contribution in [2.45, 2.75) is 31.6 Å². The lowest BCUT2D eigenvalue weighted by Crippen LogP contribution is -2.47.